The van der Waals surface area contributed by atoms with Crippen LogP contribution in [0.1, 0.15) is 86.4 Å². The highest BCUT2D eigenvalue weighted by atomic mass is 32.1. The molecular formula is C32H43N3O3S. The maximum atomic E-state index is 11.2. The van der Waals surface area contributed by atoms with Crippen molar-refractivity contribution in [1.82, 2.24) is 13.8 Å². The number of hydrogen-bond donors (Lipinski definition) is 3. The topological polar surface area (TPSA) is 81.8 Å². The summed E-state index contributed by atoms with van der Waals surface area (Å²) in [6.07, 6.45) is 11.8. The number of aryl methyl sites for hydroxylation is 1. The highest BCUT2D eigenvalue weighted by Gasteiger charge is 2.49. The minimum atomic E-state index is 0.176. The third kappa shape index (κ3) is 4.68. The fourth-order valence-corrected chi connectivity index (χ4v) is 9.56. The molecule has 210 valence electrons. The van der Waals surface area contributed by atoms with Gasteiger partial charge in [0.05, 0.1) is 10.4 Å². The van der Waals surface area contributed by atoms with Gasteiger partial charge < -0.3 is 20.2 Å². The molecule has 5 atom stereocenters. The zero-order valence-electron chi connectivity index (χ0n) is 23.0. The van der Waals surface area contributed by atoms with Crippen molar-refractivity contribution in [2.45, 2.75) is 82.6 Å². The van der Waals surface area contributed by atoms with Gasteiger partial charge in [-0.15, -0.1) is 0 Å². The second-order valence-corrected chi connectivity index (χ2v) is 13.8. The maximum absolute atomic E-state index is 11.2. The van der Waals surface area contributed by atoms with Crippen LogP contribution >= 0.6 is 11.5 Å². The van der Waals surface area contributed by atoms with Crippen LogP contribution in [0.4, 0.5) is 0 Å². The summed E-state index contributed by atoms with van der Waals surface area (Å²) >= 11 is 1.63. The van der Waals surface area contributed by atoms with Gasteiger partial charge in [-0.25, -0.2) is 0 Å². The first-order chi connectivity index (χ1) is 19.1. The summed E-state index contributed by atoms with van der Waals surface area (Å²) in [5, 5.41) is 33.5. The predicted molar refractivity (Wildman–Crippen MR) is 156 cm³/mol. The zero-order chi connectivity index (χ0) is 26.5. The van der Waals surface area contributed by atoms with Gasteiger partial charge in [0.2, 0.25) is 0 Å². The average molecular weight is 550 g/mol. The van der Waals surface area contributed by atoms with Crippen LogP contribution in [0.5, 0.6) is 11.8 Å². The first-order valence-electron chi connectivity index (χ1n) is 15.4. The van der Waals surface area contributed by atoms with Gasteiger partial charge in [-0.1, -0.05) is 31.0 Å². The normalized spacial score (nSPS) is 29.4. The van der Waals surface area contributed by atoms with Gasteiger partial charge in [0.1, 0.15) is 0 Å². The maximum Gasteiger partial charge on any atom is 0.197 e. The second kappa shape index (κ2) is 10.7. The van der Waals surface area contributed by atoms with Gasteiger partial charge in [-0.2, -0.15) is 4.37 Å². The highest BCUT2D eigenvalue weighted by molar-refractivity contribution is 7.13. The first kappa shape index (κ1) is 25.8. The van der Waals surface area contributed by atoms with Crippen molar-refractivity contribution in [2.75, 3.05) is 26.2 Å². The molecule has 3 N–H and O–H groups in total. The number of aliphatic hydroxyl groups excluding tert-OH is 1. The molecule has 1 aliphatic heterocycles. The Hall–Kier alpha value is -2.09. The first-order valence-corrected chi connectivity index (χ1v) is 16.2. The largest absolute Gasteiger partial charge is 0.494 e. The molecule has 3 aliphatic carbocycles. The molecule has 0 amide bonds. The van der Waals surface area contributed by atoms with E-state index in [0.29, 0.717) is 23.6 Å². The molecule has 3 fully saturated rings. The van der Waals surface area contributed by atoms with E-state index >= 15 is 0 Å². The molecule has 3 aromatic rings. The van der Waals surface area contributed by atoms with Gasteiger partial charge in [0.25, 0.3) is 0 Å². The van der Waals surface area contributed by atoms with Gasteiger partial charge in [0.15, 0.2) is 11.8 Å². The number of aromatic hydroxyl groups is 2. The van der Waals surface area contributed by atoms with Crippen LogP contribution in [0, 0.1) is 23.7 Å². The molecule has 0 radical (unpaired) electrons. The van der Waals surface area contributed by atoms with E-state index in [1.807, 2.05) is 4.57 Å². The Morgan fingerprint density at radius 1 is 0.872 bits per heavy atom. The standard InChI is InChI=1S/C32H43N3O3S/c36-19-24-15-23-16-26(24)30-29(23)31(37)35(32(30)38)18-22-6-2-1-5-21(22)17-34-13-11-20(12-14-34)9-10-27-25-7-3-4-8-28(25)39-33-27/h3-4,7-8,20-24,26,36-38H,1-2,5-6,9-19H2. The lowest BCUT2D eigenvalue weighted by molar-refractivity contribution is 0.105. The lowest BCUT2D eigenvalue weighted by Gasteiger charge is -2.39. The SMILES string of the molecule is OCC1CC2CC1c1c2c(O)n(CC2CCCCC2CN2CCC(CCc3nsc4ccccc34)CC2)c1O. The monoisotopic (exact) mass is 549 g/mol. The van der Waals surface area contributed by atoms with Crippen molar-refractivity contribution < 1.29 is 15.3 Å². The summed E-state index contributed by atoms with van der Waals surface area (Å²) in [6.45, 7) is 4.41. The number of hydrogen-bond acceptors (Lipinski definition) is 6. The summed E-state index contributed by atoms with van der Waals surface area (Å²) in [7, 11) is 0. The number of likely N-dealkylation sites (tertiary alicyclic amines) is 1. The minimum Gasteiger partial charge on any atom is -0.494 e. The summed E-state index contributed by atoms with van der Waals surface area (Å²) in [5.41, 5.74) is 3.22. The van der Waals surface area contributed by atoms with E-state index in [0.717, 1.165) is 49.4 Å². The molecule has 4 aliphatic rings. The van der Waals surface area contributed by atoms with Crippen molar-refractivity contribution in [1.29, 1.82) is 0 Å². The van der Waals surface area contributed by atoms with Gasteiger partial charge >= 0.3 is 0 Å². The molecule has 0 spiro atoms. The number of benzene rings is 1. The molecule has 7 heteroatoms. The highest BCUT2D eigenvalue weighted by Crippen LogP contribution is 2.62. The van der Waals surface area contributed by atoms with Gasteiger partial charge in [-0.05, 0) is 118 Å². The molecule has 2 aromatic heterocycles. The van der Waals surface area contributed by atoms with Crippen LogP contribution in [0.2, 0.25) is 0 Å². The van der Waals surface area contributed by atoms with E-state index in [4.69, 9.17) is 4.37 Å². The summed E-state index contributed by atoms with van der Waals surface area (Å²) in [4.78, 5) is 2.69. The summed E-state index contributed by atoms with van der Waals surface area (Å²) in [5.74, 6) is 3.23. The van der Waals surface area contributed by atoms with Crippen LogP contribution < -0.4 is 0 Å². The molecule has 3 heterocycles. The number of fused-ring (bicyclic) bond motifs is 6. The molecule has 7 rings (SSSR count). The average Bonchev–Trinajstić information content (AvgIpc) is 3.72. The van der Waals surface area contributed by atoms with E-state index in [1.54, 1.807) is 11.5 Å². The molecule has 1 aromatic carbocycles. The van der Waals surface area contributed by atoms with Crippen molar-refractivity contribution in [3.8, 4) is 11.8 Å². The fourth-order valence-electron chi connectivity index (χ4n) is 8.74. The van der Waals surface area contributed by atoms with Gasteiger partial charge in [-0.3, -0.25) is 4.57 Å². The van der Waals surface area contributed by atoms with Crippen LogP contribution in [0.15, 0.2) is 24.3 Å². The molecule has 6 nitrogen and oxygen atoms in total. The number of nitrogens with zero attached hydrogens (tertiary/aromatic N) is 3. The molecule has 39 heavy (non-hydrogen) atoms. The smallest absolute Gasteiger partial charge is 0.197 e. The Kier molecular flexibility index (Phi) is 7.10. The summed E-state index contributed by atoms with van der Waals surface area (Å²) < 4.78 is 7.88. The Morgan fingerprint density at radius 3 is 2.41 bits per heavy atom. The Labute approximate surface area is 235 Å². The Bertz CT molecular complexity index is 1310. The third-order valence-corrected chi connectivity index (χ3v) is 11.8. The van der Waals surface area contributed by atoms with Crippen molar-refractivity contribution in [3.63, 3.8) is 0 Å². The van der Waals surface area contributed by atoms with Crippen molar-refractivity contribution in [2.24, 2.45) is 23.7 Å². The van der Waals surface area contributed by atoms with Crippen LogP contribution in [-0.4, -0.2) is 55.4 Å². The number of aromatic nitrogens is 2. The minimum absolute atomic E-state index is 0.176. The fraction of sp³-hybridized carbons (Fsp3) is 0.656. The molecule has 5 unspecified atom stereocenters. The quantitative estimate of drug-likeness (QED) is 0.310. The van der Waals surface area contributed by atoms with E-state index < -0.39 is 0 Å². The van der Waals surface area contributed by atoms with Crippen molar-refractivity contribution in [3.05, 3.63) is 41.1 Å². The Balaban J connectivity index is 0.955. The lowest BCUT2D eigenvalue weighted by atomic mass is 9.78. The molecular weight excluding hydrogens is 506 g/mol. The zero-order valence-corrected chi connectivity index (χ0v) is 23.8. The Morgan fingerprint density at radius 2 is 1.62 bits per heavy atom. The number of rotatable bonds is 8. The molecule has 2 saturated carbocycles. The van der Waals surface area contributed by atoms with E-state index in [2.05, 4.69) is 29.2 Å². The van der Waals surface area contributed by atoms with E-state index in [-0.39, 0.29) is 24.3 Å². The van der Waals surface area contributed by atoms with E-state index in [9.17, 15) is 15.3 Å². The summed E-state index contributed by atoms with van der Waals surface area (Å²) in [6, 6.07) is 8.62. The van der Waals surface area contributed by atoms with Crippen LogP contribution in [0.3, 0.4) is 0 Å². The third-order valence-electron chi connectivity index (χ3n) is 10.9. The number of piperidine rings is 1. The van der Waals surface area contributed by atoms with Crippen molar-refractivity contribution >= 4 is 21.6 Å². The van der Waals surface area contributed by atoms with Crippen LogP contribution in [0.25, 0.3) is 10.1 Å². The van der Waals surface area contributed by atoms with Gasteiger partial charge in [0, 0.05) is 36.2 Å². The lowest BCUT2D eigenvalue weighted by Crippen LogP contribution is -2.40. The number of aliphatic hydroxyl groups is 1. The predicted octanol–water partition coefficient (Wildman–Crippen LogP) is 6.24. The molecule has 1 saturated heterocycles. The second-order valence-electron chi connectivity index (χ2n) is 13.0. The van der Waals surface area contributed by atoms with Crippen LogP contribution in [-0.2, 0) is 13.0 Å². The van der Waals surface area contributed by atoms with E-state index in [1.165, 1.54) is 73.8 Å². The molecule has 2 bridgehead atoms.